The molecule has 0 fully saturated rings. The predicted molar refractivity (Wildman–Crippen MR) is 121 cm³/mol. The first-order valence-electron chi connectivity index (χ1n) is 9.77. The number of fused-ring (bicyclic) bond motifs is 1. The lowest BCUT2D eigenvalue weighted by atomic mass is 10.1. The zero-order valence-electron chi connectivity index (χ0n) is 17.9. The van der Waals surface area contributed by atoms with Crippen molar-refractivity contribution in [1.29, 1.82) is 0 Å². The molecule has 0 bridgehead atoms. The highest BCUT2D eigenvalue weighted by Crippen LogP contribution is 2.29. The molecule has 9 nitrogen and oxygen atoms in total. The number of ether oxygens (including phenoxy) is 1. The highest BCUT2D eigenvalue weighted by Gasteiger charge is 2.38. The Hall–Kier alpha value is -3.65. The van der Waals surface area contributed by atoms with Crippen LogP contribution in [0.1, 0.15) is 16.1 Å². The fraction of sp³-hybridized carbons (Fsp3) is 0.190. The molecular formula is C21H18F3N3O6S2. The van der Waals surface area contributed by atoms with Gasteiger partial charge in [-0.15, -0.1) is 11.3 Å². The molecule has 1 aromatic heterocycles. The van der Waals surface area contributed by atoms with Crippen molar-refractivity contribution in [1.82, 2.24) is 9.71 Å². The van der Waals surface area contributed by atoms with Gasteiger partial charge in [0.15, 0.2) is 0 Å². The van der Waals surface area contributed by atoms with Gasteiger partial charge in [-0.25, -0.2) is 22.9 Å². The molecule has 3 N–H and O–H groups in total. The van der Waals surface area contributed by atoms with Crippen LogP contribution in [0.4, 0.5) is 18.9 Å². The summed E-state index contributed by atoms with van der Waals surface area (Å²) >= 11 is 1.43. The van der Waals surface area contributed by atoms with Gasteiger partial charge in [-0.1, -0.05) is 12.1 Å². The first-order chi connectivity index (χ1) is 16.4. The van der Waals surface area contributed by atoms with E-state index in [9.17, 15) is 26.4 Å². The van der Waals surface area contributed by atoms with Gasteiger partial charge in [0, 0.05) is 28.7 Å². The van der Waals surface area contributed by atoms with E-state index >= 15 is 0 Å². The first kappa shape index (κ1) is 26.0. The maximum absolute atomic E-state index is 12.7. The van der Waals surface area contributed by atoms with Crippen molar-refractivity contribution in [2.75, 3.05) is 18.5 Å². The number of aromatic nitrogens is 1. The normalized spacial score (nSPS) is 12.8. The molecule has 0 unspecified atom stereocenters. The number of hydrogen-bond acceptors (Lipinski definition) is 8. The molecular weight excluding hydrogens is 511 g/mol. The number of sulfonamides is 1. The summed E-state index contributed by atoms with van der Waals surface area (Å²) in [6.45, 7) is 3.04. The van der Waals surface area contributed by atoms with Crippen LogP contribution >= 0.6 is 11.3 Å². The van der Waals surface area contributed by atoms with Gasteiger partial charge in [-0.2, -0.15) is 13.2 Å². The number of hydrogen-bond donors (Lipinski definition) is 3. The third-order valence-electron chi connectivity index (χ3n) is 4.40. The summed E-state index contributed by atoms with van der Waals surface area (Å²) in [6.07, 6.45) is -5.08. The number of carbonyl (C=O) groups excluding carboxylic acids is 1. The number of aliphatic carboxylic acids is 1. The number of carboxylic acids is 1. The zero-order valence-corrected chi connectivity index (χ0v) is 19.6. The molecule has 1 aliphatic rings. The fourth-order valence-corrected chi connectivity index (χ4v) is 4.61. The largest absolute Gasteiger partial charge is 0.490 e. The summed E-state index contributed by atoms with van der Waals surface area (Å²) in [4.78, 5) is 25.8. The van der Waals surface area contributed by atoms with E-state index in [1.54, 1.807) is 24.3 Å². The summed E-state index contributed by atoms with van der Waals surface area (Å²) in [5.74, 6) is -2.95. The fourth-order valence-electron chi connectivity index (χ4n) is 2.80. The number of rotatable bonds is 4. The second-order valence-corrected chi connectivity index (χ2v) is 9.59. The molecule has 3 aromatic rings. The van der Waals surface area contributed by atoms with Crippen molar-refractivity contribution in [3.8, 4) is 16.3 Å². The average molecular weight is 530 g/mol. The minimum absolute atomic E-state index is 0.00193. The Kier molecular flexibility index (Phi) is 7.65. The molecule has 186 valence electrons. The van der Waals surface area contributed by atoms with Crippen LogP contribution in [0.2, 0.25) is 0 Å². The second-order valence-electron chi connectivity index (χ2n) is 7.05. The van der Waals surface area contributed by atoms with Crippen LogP contribution in [0.3, 0.4) is 0 Å². The summed E-state index contributed by atoms with van der Waals surface area (Å²) in [5, 5.41) is 12.9. The molecule has 14 heteroatoms. The number of carboxylic acid groups (broad SMARTS) is 1. The van der Waals surface area contributed by atoms with Crippen molar-refractivity contribution in [2.24, 2.45) is 0 Å². The minimum Gasteiger partial charge on any atom is -0.490 e. The molecule has 2 aromatic carbocycles. The van der Waals surface area contributed by atoms with E-state index in [0.29, 0.717) is 24.5 Å². The number of benzene rings is 2. The Morgan fingerprint density at radius 3 is 2.54 bits per heavy atom. The number of aryl methyl sites for hydroxylation is 1. The SMILES string of the molecule is Cc1csc(-c2cccc(S(=O)(=O)NC(=O)c3ccc4c(c3)OCCN4)c2)n1.O=C(O)C(F)(F)F. The molecule has 0 aliphatic carbocycles. The van der Waals surface area contributed by atoms with Crippen molar-refractivity contribution in [3.63, 3.8) is 0 Å². The van der Waals surface area contributed by atoms with Crippen molar-refractivity contribution >= 4 is 38.9 Å². The number of halogens is 3. The Morgan fingerprint density at radius 2 is 1.91 bits per heavy atom. The number of nitrogens with zero attached hydrogens (tertiary/aromatic N) is 1. The van der Waals surface area contributed by atoms with E-state index in [-0.39, 0.29) is 10.5 Å². The Bertz CT molecular complexity index is 1360. The van der Waals surface area contributed by atoms with Gasteiger partial charge in [-0.3, -0.25) is 4.79 Å². The topological polar surface area (TPSA) is 135 Å². The summed E-state index contributed by atoms with van der Waals surface area (Å²) in [5.41, 5.74) is 2.53. The van der Waals surface area contributed by atoms with Gasteiger partial charge in [0.1, 0.15) is 17.4 Å². The molecule has 0 atom stereocenters. The molecule has 2 heterocycles. The van der Waals surface area contributed by atoms with Crippen LogP contribution in [0.25, 0.3) is 10.6 Å². The summed E-state index contributed by atoms with van der Waals surface area (Å²) in [6, 6.07) is 11.1. The van der Waals surface area contributed by atoms with E-state index in [1.165, 1.54) is 29.5 Å². The molecule has 0 saturated heterocycles. The maximum Gasteiger partial charge on any atom is 0.490 e. The molecule has 4 rings (SSSR count). The van der Waals surface area contributed by atoms with Gasteiger partial charge >= 0.3 is 12.1 Å². The quantitative estimate of drug-likeness (QED) is 0.466. The van der Waals surface area contributed by atoms with Crippen LogP contribution in [0.15, 0.2) is 52.7 Å². The number of alkyl halides is 3. The summed E-state index contributed by atoms with van der Waals surface area (Å²) in [7, 11) is -4.03. The number of amides is 1. The van der Waals surface area contributed by atoms with Gasteiger partial charge in [0.25, 0.3) is 15.9 Å². The van der Waals surface area contributed by atoms with Crippen molar-refractivity contribution in [3.05, 3.63) is 59.1 Å². The highest BCUT2D eigenvalue weighted by molar-refractivity contribution is 7.90. The van der Waals surface area contributed by atoms with Gasteiger partial charge in [-0.05, 0) is 37.3 Å². The van der Waals surface area contributed by atoms with Gasteiger partial charge < -0.3 is 15.2 Å². The number of carbonyl (C=O) groups is 2. The standard InChI is InChI=1S/C19H17N3O4S2.C2HF3O2/c1-12-11-27-19(21-12)14-3-2-4-15(9-14)28(24,25)22-18(23)13-5-6-16-17(10-13)26-8-7-20-16;3-2(4,5)1(6)7/h2-6,9-11,20H,7-8H2,1H3,(H,22,23);(H,6,7). The number of thiazole rings is 1. The third kappa shape index (κ3) is 6.70. The average Bonchev–Trinajstić information content (AvgIpc) is 3.24. The number of nitrogens with one attached hydrogen (secondary N) is 2. The lowest BCUT2D eigenvalue weighted by molar-refractivity contribution is -0.192. The Balaban J connectivity index is 0.000000429. The van der Waals surface area contributed by atoms with Crippen LogP contribution in [-0.4, -0.2) is 49.7 Å². The van der Waals surface area contributed by atoms with E-state index in [0.717, 1.165) is 16.4 Å². The van der Waals surface area contributed by atoms with E-state index in [1.807, 2.05) is 12.3 Å². The summed E-state index contributed by atoms with van der Waals surface area (Å²) < 4.78 is 64.8. The van der Waals surface area contributed by atoms with Gasteiger partial charge in [0.2, 0.25) is 0 Å². The monoisotopic (exact) mass is 529 g/mol. The van der Waals surface area contributed by atoms with Crippen molar-refractivity contribution in [2.45, 2.75) is 18.0 Å². The highest BCUT2D eigenvalue weighted by atomic mass is 32.2. The second kappa shape index (κ2) is 10.3. The number of anilines is 1. The maximum atomic E-state index is 12.7. The molecule has 1 amide bonds. The molecule has 0 saturated carbocycles. The van der Waals surface area contributed by atoms with Crippen LogP contribution in [0.5, 0.6) is 5.75 Å². The lowest BCUT2D eigenvalue weighted by Gasteiger charge is -2.19. The van der Waals surface area contributed by atoms with Gasteiger partial charge in [0.05, 0.1) is 10.6 Å². The van der Waals surface area contributed by atoms with E-state index < -0.39 is 28.1 Å². The Morgan fingerprint density at radius 1 is 1.20 bits per heavy atom. The molecule has 0 radical (unpaired) electrons. The van der Waals surface area contributed by atoms with Crippen LogP contribution in [0, 0.1) is 6.92 Å². The van der Waals surface area contributed by atoms with Crippen molar-refractivity contribution < 1.29 is 41.0 Å². The smallest absolute Gasteiger partial charge is 0.490 e. The third-order valence-corrected chi connectivity index (χ3v) is 6.74. The minimum atomic E-state index is -5.08. The predicted octanol–water partition coefficient (Wildman–Crippen LogP) is 3.67. The van der Waals surface area contributed by atoms with E-state index in [2.05, 4.69) is 15.0 Å². The first-order valence-corrected chi connectivity index (χ1v) is 12.1. The zero-order chi connectivity index (χ0) is 25.8. The van der Waals surface area contributed by atoms with Crippen LogP contribution in [-0.2, 0) is 14.8 Å². The molecule has 35 heavy (non-hydrogen) atoms. The Labute approximate surface area is 201 Å². The van der Waals surface area contributed by atoms with Crippen LogP contribution < -0.4 is 14.8 Å². The lowest BCUT2D eigenvalue weighted by Crippen LogP contribution is -2.30. The molecule has 0 spiro atoms. The molecule has 1 aliphatic heterocycles. The van der Waals surface area contributed by atoms with E-state index in [4.69, 9.17) is 14.6 Å².